The normalized spacial score (nSPS) is 15.7. The highest BCUT2D eigenvalue weighted by molar-refractivity contribution is 14.0. The molecule has 0 radical (unpaired) electrons. The van der Waals surface area contributed by atoms with Gasteiger partial charge in [-0.3, -0.25) is 4.99 Å². The van der Waals surface area contributed by atoms with Crippen molar-refractivity contribution in [3.05, 3.63) is 46.4 Å². The average Bonchev–Trinajstić information content (AvgIpc) is 3.15. The molecule has 5 nitrogen and oxygen atoms in total. The Hall–Kier alpha value is -1.06. The maximum Gasteiger partial charge on any atom is 0.191 e. The van der Waals surface area contributed by atoms with Gasteiger partial charge >= 0.3 is 0 Å². The lowest BCUT2D eigenvalue weighted by Gasteiger charge is -2.35. The van der Waals surface area contributed by atoms with E-state index in [1.54, 1.807) is 11.3 Å². The fraction of sp³-hybridized carbons (Fsp3) is 0.444. The zero-order valence-electron chi connectivity index (χ0n) is 15.1. The third kappa shape index (κ3) is 5.23. The van der Waals surface area contributed by atoms with Crippen LogP contribution in [0, 0.1) is 0 Å². The molecule has 2 heterocycles. The number of halogens is 2. The van der Waals surface area contributed by atoms with Crippen LogP contribution in [-0.2, 0) is 5.41 Å². The molecule has 0 aliphatic carbocycles. The lowest BCUT2D eigenvalue weighted by atomic mass is 9.85. The molecule has 0 bridgehead atoms. The summed E-state index contributed by atoms with van der Waals surface area (Å²) in [5.41, 5.74) is 7.37. The number of nitrogens with two attached hydrogens (primary N) is 1. The predicted molar refractivity (Wildman–Crippen MR) is 122 cm³/mol. The van der Waals surface area contributed by atoms with E-state index in [0.29, 0.717) is 12.5 Å². The second-order valence-corrected chi connectivity index (χ2v) is 8.16. The van der Waals surface area contributed by atoms with Crippen LogP contribution in [0.5, 0.6) is 0 Å². The monoisotopic (exact) mass is 505 g/mol. The molecule has 1 aliphatic rings. The summed E-state index contributed by atoms with van der Waals surface area (Å²) in [7, 11) is 0. The van der Waals surface area contributed by atoms with E-state index < -0.39 is 0 Å². The molecule has 3 rings (SSSR count). The molecule has 1 aliphatic heterocycles. The molecule has 0 atom stereocenters. The van der Waals surface area contributed by atoms with E-state index in [0.717, 1.165) is 36.3 Å². The minimum absolute atomic E-state index is 0. The third-order valence-corrected chi connectivity index (χ3v) is 5.64. The minimum Gasteiger partial charge on any atom is -0.370 e. The summed E-state index contributed by atoms with van der Waals surface area (Å²) < 4.78 is 0. The molecule has 1 aromatic carbocycles. The number of anilines is 1. The van der Waals surface area contributed by atoms with E-state index in [4.69, 9.17) is 17.3 Å². The van der Waals surface area contributed by atoms with Crippen molar-refractivity contribution < 1.29 is 0 Å². The number of nitrogens with zero attached hydrogens (tertiary/aromatic N) is 4. The minimum atomic E-state index is -0.0854. The Morgan fingerprint density at radius 2 is 1.88 bits per heavy atom. The summed E-state index contributed by atoms with van der Waals surface area (Å²) >= 11 is 7.65. The summed E-state index contributed by atoms with van der Waals surface area (Å²) in [6.07, 6.45) is 1.85. The zero-order chi connectivity index (χ0) is 17.9. The third-order valence-electron chi connectivity index (χ3n) is 4.56. The summed E-state index contributed by atoms with van der Waals surface area (Å²) in [6, 6.07) is 7.95. The van der Waals surface area contributed by atoms with Gasteiger partial charge in [-0.05, 0) is 17.7 Å². The molecule has 1 saturated heterocycles. The Labute approximate surface area is 181 Å². The lowest BCUT2D eigenvalue weighted by Crippen LogP contribution is -2.51. The van der Waals surface area contributed by atoms with Crippen molar-refractivity contribution in [2.75, 3.05) is 37.6 Å². The quantitative estimate of drug-likeness (QED) is 0.390. The molecule has 1 fully saturated rings. The molecule has 0 saturated carbocycles. The standard InChI is InChI=1S/C18H24ClN5S.HI/c1-18(2,14-3-5-15(19)6-4-14)13-22-16(20)23-8-10-24(11-9-23)17-21-7-12-25-17;/h3-7,12H,8-11,13H2,1-2H3,(H2,20,22);1H. The first kappa shape index (κ1) is 21.2. The van der Waals surface area contributed by atoms with Crippen LogP contribution >= 0.6 is 46.9 Å². The highest BCUT2D eigenvalue weighted by Crippen LogP contribution is 2.25. The fourth-order valence-electron chi connectivity index (χ4n) is 2.87. The van der Waals surface area contributed by atoms with Gasteiger partial charge in [-0.2, -0.15) is 0 Å². The second kappa shape index (κ2) is 9.23. The Morgan fingerprint density at radius 1 is 1.23 bits per heavy atom. The molecule has 142 valence electrons. The van der Waals surface area contributed by atoms with Crippen molar-refractivity contribution in [2.45, 2.75) is 19.3 Å². The first-order valence-corrected chi connectivity index (χ1v) is 9.67. The van der Waals surface area contributed by atoms with Gasteiger partial charge < -0.3 is 15.5 Å². The Morgan fingerprint density at radius 3 is 2.46 bits per heavy atom. The first-order chi connectivity index (χ1) is 12.0. The second-order valence-electron chi connectivity index (χ2n) is 6.85. The molecule has 2 aromatic rings. The van der Waals surface area contributed by atoms with Crippen LogP contribution in [0.25, 0.3) is 0 Å². The van der Waals surface area contributed by atoms with Gasteiger partial charge in [0, 0.05) is 48.2 Å². The molecular weight excluding hydrogens is 481 g/mol. The molecular formula is C18H25ClIN5S. The van der Waals surface area contributed by atoms with Crippen LogP contribution in [-0.4, -0.2) is 48.6 Å². The summed E-state index contributed by atoms with van der Waals surface area (Å²) in [5.74, 6) is 0.626. The zero-order valence-corrected chi connectivity index (χ0v) is 19.0. The van der Waals surface area contributed by atoms with Crippen LogP contribution in [0.3, 0.4) is 0 Å². The fourth-order valence-corrected chi connectivity index (χ4v) is 3.69. The highest BCUT2D eigenvalue weighted by atomic mass is 127. The van der Waals surface area contributed by atoms with Gasteiger partial charge in [-0.1, -0.05) is 37.6 Å². The molecule has 0 spiro atoms. The van der Waals surface area contributed by atoms with Gasteiger partial charge in [0.1, 0.15) is 0 Å². The highest BCUT2D eigenvalue weighted by Gasteiger charge is 2.23. The molecule has 2 N–H and O–H groups in total. The van der Waals surface area contributed by atoms with Crippen LogP contribution < -0.4 is 10.6 Å². The van der Waals surface area contributed by atoms with E-state index >= 15 is 0 Å². The van der Waals surface area contributed by atoms with Crippen molar-refractivity contribution in [3.8, 4) is 0 Å². The molecule has 0 amide bonds. The van der Waals surface area contributed by atoms with Gasteiger partial charge in [0.2, 0.25) is 0 Å². The van der Waals surface area contributed by atoms with Crippen LogP contribution in [0.2, 0.25) is 5.02 Å². The summed E-state index contributed by atoms with van der Waals surface area (Å²) in [6.45, 7) is 8.58. The number of aliphatic imine (C=N–C) groups is 1. The average molecular weight is 506 g/mol. The van der Waals surface area contributed by atoms with Crippen molar-refractivity contribution >= 4 is 58.0 Å². The van der Waals surface area contributed by atoms with Crippen molar-refractivity contribution in [1.82, 2.24) is 9.88 Å². The molecule has 0 unspecified atom stereocenters. The van der Waals surface area contributed by atoms with E-state index in [9.17, 15) is 0 Å². The number of hydrogen-bond donors (Lipinski definition) is 1. The van der Waals surface area contributed by atoms with E-state index in [1.807, 2.05) is 23.7 Å². The topological polar surface area (TPSA) is 57.8 Å². The number of thiazole rings is 1. The largest absolute Gasteiger partial charge is 0.370 e. The number of aromatic nitrogens is 1. The van der Waals surface area contributed by atoms with Gasteiger partial charge in [0.05, 0.1) is 6.54 Å². The number of rotatable bonds is 4. The van der Waals surface area contributed by atoms with Gasteiger partial charge in [0.25, 0.3) is 0 Å². The Kier molecular flexibility index (Phi) is 7.54. The molecule has 8 heteroatoms. The van der Waals surface area contributed by atoms with Gasteiger partial charge in [-0.25, -0.2) is 4.98 Å². The van der Waals surface area contributed by atoms with Crippen LogP contribution in [0.4, 0.5) is 5.13 Å². The number of benzene rings is 1. The van der Waals surface area contributed by atoms with Crippen LogP contribution in [0.15, 0.2) is 40.8 Å². The van der Waals surface area contributed by atoms with Crippen LogP contribution in [0.1, 0.15) is 19.4 Å². The van der Waals surface area contributed by atoms with Gasteiger partial charge in [-0.15, -0.1) is 35.3 Å². The Bertz CT molecular complexity index is 710. The smallest absolute Gasteiger partial charge is 0.191 e. The Balaban J connectivity index is 0.00000243. The van der Waals surface area contributed by atoms with E-state index in [2.05, 4.69) is 45.8 Å². The van der Waals surface area contributed by atoms with E-state index in [1.165, 1.54) is 5.56 Å². The van der Waals surface area contributed by atoms with Crippen molar-refractivity contribution in [1.29, 1.82) is 0 Å². The lowest BCUT2D eigenvalue weighted by molar-refractivity contribution is 0.378. The number of piperazine rings is 1. The molecule has 26 heavy (non-hydrogen) atoms. The number of hydrogen-bond acceptors (Lipinski definition) is 4. The maximum atomic E-state index is 6.25. The summed E-state index contributed by atoms with van der Waals surface area (Å²) in [4.78, 5) is 13.5. The first-order valence-electron chi connectivity index (χ1n) is 8.41. The SMILES string of the molecule is CC(C)(CN=C(N)N1CCN(c2nccs2)CC1)c1ccc(Cl)cc1.I. The predicted octanol–water partition coefficient (Wildman–Crippen LogP) is 3.83. The van der Waals surface area contributed by atoms with Gasteiger partial charge in [0.15, 0.2) is 11.1 Å². The number of guanidine groups is 1. The van der Waals surface area contributed by atoms with E-state index in [-0.39, 0.29) is 29.4 Å². The van der Waals surface area contributed by atoms with Crippen molar-refractivity contribution in [2.24, 2.45) is 10.7 Å². The molecule has 1 aromatic heterocycles. The van der Waals surface area contributed by atoms with Crippen molar-refractivity contribution in [3.63, 3.8) is 0 Å². The maximum absolute atomic E-state index is 6.25. The summed E-state index contributed by atoms with van der Waals surface area (Å²) in [5, 5.41) is 3.84.